The lowest BCUT2D eigenvalue weighted by Crippen LogP contribution is -2.01. The second kappa shape index (κ2) is 8.71. The lowest BCUT2D eigenvalue weighted by atomic mass is 9.91. The number of rotatable bonds is 9. The number of carbonyl (C=O) groups is 1. The number of carboxylic acids is 1. The Labute approximate surface area is 139 Å². The first-order valence-corrected chi connectivity index (χ1v) is 8.95. The van der Waals surface area contributed by atoms with E-state index in [4.69, 9.17) is 0 Å². The zero-order valence-corrected chi connectivity index (χ0v) is 14.4. The van der Waals surface area contributed by atoms with Crippen LogP contribution in [0.2, 0.25) is 0 Å². The molecule has 0 aliphatic rings. The standard InChI is InChI=1S/C21H28O2/c1-3-5-7-10-16-12-9-13-18-15-19(21(22)23)14-17(20(16)18)11-8-6-4-2/h9,12-15H,3-8,10-11H2,1-2H3,(H,22,23). The van der Waals surface area contributed by atoms with Crippen LogP contribution in [0.1, 0.15) is 73.9 Å². The maximum absolute atomic E-state index is 11.4. The van der Waals surface area contributed by atoms with Gasteiger partial charge < -0.3 is 5.11 Å². The third-order valence-corrected chi connectivity index (χ3v) is 4.49. The number of aryl methyl sites for hydroxylation is 2. The van der Waals surface area contributed by atoms with Crippen LogP contribution in [0.5, 0.6) is 0 Å². The molecular weight excluding hydrogens is 284 g/mol. The molecule has 0 spiro atoms. The number of aromatic carboxylic acids is 1. The molecular formula is C21H28O2. The van der Waals surface area contributed by atoms with Crippen LogP contribution in [0.25, 0.3) is 10.8 Å². The summed E-state index contributed by atoms with van der Waals surface area (Å²) in [5, 5.41) is 11.8. The van der Waals surface area contributed by atoms with Crippen LogP contribution in [0.3, 0.4) is 0 Å². The van der Waals surface area contributed by atoms with Crippen LogP contribution in [0.15, 0.2) is 30.3 Å². The summed E-state index contributed by atoms with van der Waals surface area (Å²) in [4.78, 5) is 11.4. The molecule has 0 amide bonds. The first kappa shape index (κ1) is 17.5. The van der Waals surface area contributed by atoms with Gasteiger partial charge in [0.2, 0.25) is 0 Å². The van der Waals surface area contributed by atoms with Gasteiger partial charge in [-0.15, -0.1) is 0 Å². The van der Waals surface area contributed by atoms with Crippen molar-refractivity contribution in [2.24, 2.45) is 0 Å². The van der Waals surface area contributed by atoms with Gasteiger partial charge in [0.05, 0.1) is 5.56 Å². The molecule has 0 aromatic heterocycles. The van der Waals surface area contributed by atoms with Crippen molar-refractivity contribution in [3.8, 4) is 0 Å². The highest BCUT2D eigenvalue weighted by Gasteiger charge is 2.12. The van der Waals surface area contributed by atoms with Gasteiger partial charge in [0, 0.05) is 0 Å². The minimum atomic E-state index is -0.833. The zero-order valence-electron chi connectivity index (χ0n) is 14.4. The van der Waals surface area contributed by atoms with Crippen molar-refractivity contribution in [1.82, 2.24) is 0 Å². The molecule has 0 fully saturated rings. The number of benzene rings is 2. The molecule has 0 heterocycles. The fourth-order valence-electron chi connectivity index (χ4n) is 3.26. The van der Waals surface area contributed by atoms with Gasteiger partial charge in [-0.2, -0.15) is 0 Å². The molecule has 2 aromatic carbocycles. The Morgan fingerprint density at radius 1 is 0.913 bits per heavy atom. The molecule has 0 aliphatic carbocycles. The molecule has 2 aromatic rings. The van der Waals surface area contributed by atoms with Crippen molar-refractivity contribution in [2.75, 3.05) is 0 Å². The van der Waals surface area contributed by atoms with Crippen molar-refractivity contribution in [3.05, 3.63) is 47.0 Å². The summed E-state index contributed by atoms with van der Waals surface area (Å²) < 4.78 is 0. The summed E-state index contributed by atoms with van der Waals surface area (Å²) in [5.41, 5.74) is 2.99. The molecule has 23 heavy (non-hydrogen) atoms. The summed E-state index contributed by atoms with van der Waals surface area (Å²) in [6.07, 6.45) is 9.21. The van der Waals surface area contributed by atoms with Gasteiger partial charge in [-0.3, -0.25) is 0 Å². The minimum Gasteiger partial charge on any atom is -0.478 e. The Morgan fingerprint density at radius 3 is 2.17 bits per heavy atom. The molecule has 2 heteroatoms. The van der Waals surface area contributed by atoms with Crippen molar-refractivity contribution in [1.29, 1.82) is 0 Å². The van der Waals surface area contributed by atoms with Crippen LogP contribution in [0.4, 0.5) is 0 Å². The SMILES string of the molecule is CCCCCc1cccc2cc(C(=O)O)cc(CCCCC)c12. The van der Waals surface area contributed by atoms with E-state index in [1.165, 1.54) is 48.6 Å². The number of unbranched alkanes of at least 4 members (excludes halogenated alkanes) is 4. The second-order valence-corrected chi connectivity index (χ2v) is 6.37. The largest absolute Gasteiger partial charge is 0.478 e. The van der Waals surface area contributed by atoms with Crippen LogP contribution in [-0.2, 0) is 12.8 Å². The van der Waals surface area contributed by atoms with Gasteiger partial charge in [-0.25, -0.2) is 4.79 Å². The number of hydrogen-bond donors (Lipinski definition) is 1. The minimum absolute atomic E-state index is 0.412. The highest BCUT2D eigenvalue weighted by molar-refractivity contribution is 5.97. The zero-order chi connectivity index (χ0) is 16.7. The van der Waals surface area contributed by atoms with Gasteiger partial charge in [-0.1, -0.05) is 57.7 Å². The molecule has 0 aliphatic heterocycles. The van der Waals surface area contributed by atoms with Gasteiger partial charge in [0.1, 0.15) is 0 Å². The van der Waals surface area contributed by atoms with Crippen LogP contribution >= 0.6 is 0 Å². The normalized spacial score (nSPS) is 11.0. The van der Waals surface area contributed by atoms with E-state index in [0.717, 1.165) is 24.6 Å². The van der Waals surface area contributed by atoms with Gasteiger partial charge in [-0.05, 0) is 59.7 Å². The summed E-state index contributed by atoms with van der Waals surface area (Å²) >= 11 is 0. The maximum atomic E-state index is 11.4. The van der Waals surface area contributed by atoms with Crippen molar-refractivity contribution < 1.29 is 9.90 Å². The molecule has 2 rings (SSSR count). The fraction of sp³-hybridized carbons (Fsp3) is 0.476. The van der Waals surface area contributed by atoms with E-state index in [1.54, 1.807) is 0 Å². The van der Waals surface area contributed by atoms with E-state index in [-0.39, 0.29) is 0 Å². The summed E-state index contributed by atoms with van der Waals surface area (Å²) in [7, 11) is 0. The molecule has 0 unspecified atom stereocenters. The number of fused-ring (bicyclic) bond motifs is 1. The van der Waals surface area contributed by atoms with Crippen molar-refractivity contribution in [2.45, 2.75) is 65.2 Å². The van der Waals surface area contributed by atoms with Crippen LogP contribution < -0.4 is 0 Å². The van der Waals surface area contributed by atoms with Gasteiger partial charge >= 0.3 is 5.97 Å². The lowest BCUT2D eigenvalue weighted by molar-refractivity contribution is 0.0697. The van der Waals surface area contributed by atoms with Gasteiger partial charge in [0.15, 0.2) is 0 Å². The number of carboxylic acid groups (broad SMARTS) is 1. The Hall–Kier alpha value is -1.83. The molecule has 1 N–H and O–H groups in total. The Bertz CT molecular complexity index is 658. The van der Waals surface area contributed by atoms with Gasteiger partial charge in [0.25, 0.3) is 0 Å². The van der Waals surface area contributed by atoms with E-state index in [1.807, 2.05) is 12.1 Å². The Balaban J connectivity index is 2.44. The third kappa shape index (κ3) is 4.57. The monoisotopic (exact) mass is 312 g/mol. The predicted octanol–water partition coefficient (Wildman–Crippen LogP) is 6.00. The first-order valence-electron chi connectivity index (χ1n) is 8.95. The molecule has 0 bridgehead atoms. The predicted molar refractivity (Wildman–Crippen MR) is 97.4 cm³/mol. The van der Waals surface area contributed by atoms with Crippen LogP contribution in [-0.4, -0.2) is 11.1 Å². The topological polar surface area (TPSA) is 37.3 Å². The fourth-order valence-corrected chi connectivity index (χ4v) is 3.26. The van der Waals surface area contributed by atoms with Crippen molar-refractivity contribution >= 4 is 16.7 Å². The molecule has 124 valence electrons. The Morgan fingerprint density at radius 2 is 1.57 bits per heavy atom. The average Bonchev–Trinajstić information content (AvgIpc) is 2.55. The van der Waals surface area contributed by atoms with E-state index in [9.17, 15) is 9.90 Å². The summed E-state index contributed by atoms with van der Waals surface area (Å²) in [5.74, 6) is -0.833. The van der Waals surface area contributed by atoms with Crippen LogP contribution in [0, 0.1) is 0 Å². The smallest absolute Gasteiger partial charge is 0.335 e. The number of hydrogen-bond acceptors (Lipinski definition) is 1. The Kier molecular flexibility index (Phi) is 6.64. The summed E-state index contributed by atoms with van der Waals surface area (Å²) in [6.45, 7) is 4.42. The molecule has 0 atom stereocenters. The van der Waals surface area contributed by atoms with E-state index >= 15 is 0 Å². The third-order valence-electron chi connectivity index (χ3n) is 4.49. The molecule has 0 saturated carbocycles. The molecule has 0 radical (unpaired) electrons. The van der Waals surface area contributed by atoms with E-state index in [2.05, 4.69) is 32.0 Å². The lowest BCUT2D eigenvalue weighted by Gasteiger charge is -2.13. The van der Waals surface area contributed by atoms with E-state index < -0.39 is 5.97 Å². The van der Waals surface area contributed by atoms with Crippen molar-refractivity contribution in [3.63, 3.8) is 0 Å². The second-order valence-electron chi connectivity index (χ2n) is 6.37. The molecule has 2 nitrogen and oxygen atoms in total. The molecule has 0 saturated heterocycles. The quantitative estimate of drug-likeness (QED) is 0.576. The highest BCUT2D eigenvalue weighted by Crippen LogP contribution is 2.28. The average molecular weight is 312 g/mol. The maximum Gasteiger partial charge on any atom is 0.335 e. The first-order chi connectivity index (χ1) is 11.2. The highest BCUT2D eigenvalue weighted by atomic mass is 16.4. The summed E-state index contributed by atoms with van der Waals surface area (Å²) in [6, 6.07) is 10.0. The van der Waals surface area contributed by atoms with E-state index in [0.29, 0.717) is 5.56 Å².